The van der Waals surface area contributed by atoms with E-state index in [9.17, 15) is 19.8 Å². The summed E-state index contributed by atoms with van der Waals surface area (Å²) in [5.74, 6) is -0.745. The van der Waals surface area contributed by atoms with E-state index in [1.54, 1.807) is 25.1 Å². The molecular formula is C25H30O6. The van der Waals surface area contributed by atoms with Crippen molar-refractivity contribution in [2.24, 2.45) is 5.92 Å². The molecule has 3 rings (SSSR count). The first-order valence-corrected chi connectivity index (χ1v) is 10.7. The number of aliphatic hydroxyl groups excluding tert-OH is 2. The van der Waals surface area contributed by atoms with Crippen LogP contribution in [0.1, 0.15) is 64.4 Å². The summed E-state index contributed by atoms with van der Waals surface area (Å²) in [7, 11) is 0. The number of carbonyl (C=O) groups excluding carboxylic acids is 2. The summed E-state index contributed by atoms with van der Waals surface area (Å²) in [6.07, 6.45) is 12.0. The summed E-state index contributed by atoms with van der Waals surface area (Å²) < 4.78 is 10.1. The Morgan fingerprint density at radius 3 is 2.74 bits per heavy atom. The molecule has 2 aliphatic rings. The molecule has 0 saturated heterocycles. The fraction of sp³-hybridized carbons (Fsp3) is 0.440. The quantitative estimate of drug-likeness (QED) is 0.424. The van der Waals surface area contributed by atoms with Gasteiger partial charge in [0.2, 0.25) is 0 Å². The molecule has 2 N–H and O–H groups in total. The Bertz CT molecular complexity index is 945. The van der Waals surface area contributed by atoms with Crippen molar-refractivity contribution in [2.45, 2.75) is 64.9 Å². The second kappa shape index (κ2) is 9.96. The molecule has 0 amide bonds. The first kappa shape index (κ1) is 22.8. The van der Waals surface area contributed by atoms with Crippen molar-refractivity contribution in [1.82, 2.24) is 0 Å². The van der Waals surface area contributed by atoms with E-state index in [1.807, 2.05) is 6.92 Å². The fourth-order valence-corrected chi connectivity index (χ4v) is 4.00. The average Bonchev–Trinajstić information content (AvgIpc) is 3.39. The van der Waals surface area contributed by atoms with E-state index >= 15 is 0 Å². The van der Waals surface area contributed by atoms with Crippen LogP contribution in [-0.4, -0.2) is 28.1 Å². The van der Waals surface area contributed by atoms with Crippen molar-refractivity contribution in [3.05, 3.63) is 70.6 Å². The Kier molecular flexibility index (Phi) is 7.33. The Morgan fingerprint density at radius 2 is 2.10 bits per heavy atom. The molecule has 166 valence electrons. The molecule has 3 atom stereocenters. The number of furan rings is 1. The topological polar surface area (TPSA) is 97.0 Å². The van der Waals surface area contributed by atoms with E-state index in [0.29, 0.717) is 12.0 Å². The van der Waals surface area contributed by atoms with Crippen molar-refractivity contribution >= 4 is 11.8 Å². The Hall–Kier alpha value is -2.86. The lowest BCUT2D eigenvalue weighted by atomic mass is 9.93. The van der Waals surface area contributed by atoms with Crippen LogP contribution >= 0.6 is 0 Å². The van der Waals surface area contributed by atoms with Crippen LogP contribution in [-0.2, 0) is 14.3 Å². The van der Waals surface area contributed by atoms with E-state index < -0.39 is 18.0 Å². The summed E-state index contributed by atoms with van der Waals surface area (Å²) in [6, 6.07) is 1.72. The Labute approximate surface area is 182 Å². The zero-order valence-corrected chi connectivity index (χ0v) is 18.3. The summed E-state index contributed by atoms with van der Waals surface area (Å²) in [5, 5.41) is 20.4. The maximum Gasteiger partial charge on any atom is 0.343 e. The number of allylic oxidation sites excluding steroid dienone is 4. The van der Waals surface area contributed by atoms with Crippen molar-refractivity contribution in [2.75, 3.05) is 0 Å². The molecule has 0 spiro atoms. The molecule has 31 heavy (non-hydrogen) atoms. The second-order valence-corrected chi connectivity index (χ2v) is 8.45. The lowest BCUT2D eigenvalue weighted by Crippen LogP contribution is -2.19. The van der Waals surface area contributed by atoms with Gasteiger partial charge in [-0.3, -0.25) is 4.79 Å². The number of esters is 1. The summed E-state index contributed by atoms with van der Waals surface area (Å²) >= 11 is 0. The fourth-order valence-electron chi connectivity index (χ4n) is 4.00. The van der Waals surface area contributed by atoms with Gasteiger partial charge in [0, 0.05) is 5.56 Å². The molecule has 6 heteroatoms. The maximum absolute atomic E-state index is 12.2. The van der Waals surface area contributed by atoms with Crippen LogP contribution in [0.25, 0.3) is 0 Å². The predicted molar refractivity (Wildman–Crippen MR) is 116 cm³/mol. The molecule has 0 bridgehead atoms. The molecule has 0 saturated carbocycles. The minimum Gasteiger partial charge on any atom is -0.504 e. The van der Waals surface area contributed by atoms with Gasteiger partial charge in [0.25, 0.3) is 0 Å². The first-order chi connectivity index (χ1) is 14.8. The zero-order chi connectivity index (χ0) is 22.5. The third kappa shape index (κ3) is 5.44. The van der Waals surface area contributed by atoms with Gasteiger partial charge in [-0.05, 0) is 75.7 Å². The molecule has 1 aromatic rings. The number of cyclic esters (lactones) is 1. The van der Waals surface area contributed by atoms with Crippen LogP contribution < -0.4 is 0 Å². The molecule has 1 aliphatic carbocycles. The molecule has 0 fully saturated rings. The normalized spacial score (nSPS) is 24.2. The average molecular weight is 427 g/mol. The summed E-state index contributed by atoms with van der Waals surface area (Å²) in [4.78, 5) is 23.7. The molecule has 1 unspecified atom stereocenters. The number of hydrogen-bond acceptors (Lipinski definition) is 6. The smallest absolute Gasteiger partial charge is 0.343 e. The van der Waals surface area contributed by atoms with Crippen molar-refractivity contribution in [3.8, 4) is 0 Å². The van der Waals surface area contributed by atoms with Gasteiger partial charge in [0.15, 0.2) is 17.3 Å². The van der Waals surface area contributed by atoms with Crippen LogP contribution in [0, 0.1) is 5.92 Å². The lowest BCUT2D eigenvalue weighted by Gasteiger charge is -2.14. The first-order valence-electron chi connectivity index (χ1n) is 10.7. The van der Waals surface area contributed by atoms with E-state index in [-0.39, 0.29) is 28.8 Å². The number of carbonyl (C=O) groups is 2. The highest BCUT2D eigenvalue weighted by Crippen LogP contribution is 2.34. The van der Waals surface area contributed by atoms with Gasteiger partial charge >= 0.3 is 5.97 Å². The maximum atomic E-state index is 12.2. The van der Waals surface area contributed by atoms with Gasteiger partial charge in [-0.2, -0.15) is 0 Å². The summed E-state index contributed by atoms with van der Waals surface area (Å²) in [5.41, 5.74) is 3.00. The van der Waals surface area contributed by atoms with Crippen molar-refractivity contribution < 1.29 is 29.0 Å². The number of rotatable bonds is 9. The highest BCUT2D eigenvalue weighted by atomic mass is 16.6. The summed E-state index contributed by atoms with van der Waals surface area (Å²) in [6.45, 7) is 5.66. The van der Waals surface area contributed by atoms with Gasteiger partial charge < -0.3 is 19.4 Å². The van der Waals surface area contributed by atoms with E-state index in [2.05, 4.69) is 13.0 Å². The van der Waals surface area contributed by atoms with Crippen molar-refractivity contribution in [1.29, 1.82) is 0 Å². The Morgan fingerprint density at radius 1 is 1.32 bits per heavy atom. The molecule has 0 radical (unpaired) electrons. The number of aliphatic hydroxyl groups is 2. The monoisotopic (exact) mass is 426 g/mol. The SMILES string of the molecule is CC1=C(O)/C(=C\C(C)CCC/C(C)=C/CCC2=CC(=O)[C@H](c3ccoc3)[C@H]2O)OC1=O. The van der Waals surface area contributed by atoms with E-state index in [4.69, 9.17) is 9.15 Å². The van der Waals surface area contributed by atoms with E-state index in [0.717, 1.165) is 31.3 Å². The van der Waals surface area contributed by atoms with Crippen LogP contribution in [0.3, 0.4) is 0 Å². The second-order valence-electron chi connectivity index (χ2n) is 8.45. The number of ketones is 1. The third-order valence-electron chi connectivity index (χ3n) is 5.92. The lowest BCUT2D eigenvalue weighted by molar-refractivity contribution is -0.133. The molecular weight excluding hydrogens is 396 g/mol. The molecule has 0 aromatic carbocycles. The number of hydrogen-bond donors (Lipinski definition) is 2. The van der Waals surface area contributed by atoms with E-state index in [1.165, 1.54) is 18.1 Å². The minimum absolute atomic E-state index is 0.0650. The van der Waals surface area contributed by atoms with Gasteiger partial charge in [-0.15, -0.1) is 0 Å². The molecule has 1 aromatic heterocycles. The van der Waals surface area contributed by atoms with Crippen LogP contribution in [0.15, 0.2) is 69.5 Å². The van der Waals surface area contributed by atoms with Gasteiger partial charge in [-0.1, -0.05) is 18.6 Å². The van der Waals surface area contributed by atoms with Gasteiger partial charge in [0.05, 0.1) is 30.1 Å². The van der Waals surface area contributed by atoms with Crippen LogP contribution in [0.2, 0.25) is 0 Å². The largest absolute Gasteiger partial charge is 0.504 e. The highest BCUT2D eigenvalue weighted by molar-refractivity contribution is 5.99. The third-order valence-corrected chi connectivity index (χ3v) is 5.92. The predicted octanol–water partition coefficient (Wildman–Crippen LogP) is 5.04. The zero-order valence-electron chi connectivity index (χ0n) is 18.3. The molecule has 1 aliphatic heterocycles. The van der Waals surface area contributed by atoms with Crippen LogP contribution in [0.4, 0.5) is 0 Å². The molecule has 6 nitrogen and oxygen atoms in total. The standard InChI is InChI=1S/C25H30O6/c1-15(6-4-8-16(2)12-21-23(27)17(3)25(29)31-21)7-5-9-18-13-20(26)22(24(18)28)19-10-11-30-14-19/h7,10-14,16,22,24,27-28H,4-6,8-9H2,1-3H3/b15-7+,21-12+/t16?,22-,24-/m0/s1. The molecule has 2 heterocycles. The van der Waals surface area contributed by atoms with Gasteiger partial charge in [0.1, 0.15) is 0 Å². The van der Waals surface area contributed by atoms with Crippen molar-refractivity contribution in [3.63, 3.8) is 0 Å². The highest BCUT2D eigenvalue weighted by Gasteiger charge is 2.36. The van der Waals surface area contributed by atoms with Crippen LogP contribution in [0.5, 0.6) is 0 Å². The number of ether oxygens (including phenoxy) is 1. The Balaban J connectivity index is 1.41. The minimum atomic E-state index is -0.786. The van der Waals surface area contributed by atoms with Gasteiger partial charge in [-0.25, -0.2) is 4.79 Å².